The zero-order chi connectivity index (χ0) is 20.7. The molecule has 0 aliphatic rings. The third-order valence-electron chi connectivity index (χ3n) is 3.99. The first-order valence-corrected chi connectivity index (χ1v) is 11.4. The Kier molecular flexibility index (Phi) is 7.88. The molecule has 2 N–H and O–H groups in total. The highest BCUT2D eigenvalue weighted by molar-refractivity contribution is 9.10. The minimum atomic E-state index is -4.10. The van der Waals surface area contributed by atoms with Crippen LogP contribution in [-0.4, -0.2) is 21.0 Å². The van der Waals surface area contributed by atoms with E-state index in [0.717, 1.165) is 30.4 Å². The summed E-state index contributed by atoms with van der Waals surface area (Å²) in [4.78, 5) is 11.9. The summed E-state index contributed by atoms with van der Waals surface area (Å²) >= 11 is 3.42. The maximum Gasteiger partial charge on any atom is 0.328 e. The molecule has 6 nitrogen and oxygen atoms in total. The SMILES string of the molecule is CCCCCNC(=O)NS(=O)(=O)c1cc(C)ccc1Oc1ccc(C)cc1Br. The number of nitrogens with one attached hydrogen (secondary N) is 2. The van der Waals surface area contributed by atoms with Crippen molar-refractivity contribution in [2.24, 2.45) is 0 Å². The number of urea groups is 1. The molecule has 8 heteroatoms. The second-order valence-electron chi connectivity index (χ2n) is 6.55. The van der Waals surface area contributed by atoms with E-state index in [1.54, 1.807) is 25.1 Å². The van der Waals surface area contributed by atoms with Crippen LogP contribution in [0.2, 0.25) is 0 Å². The van der Waals surface area contributed by atoms with E-state index >= 15 is 0 Å². The maximum atomic E-state index is 12.8. The van der Waals surface area contributed by atoms with E-state index in [9.17, 15) is 13.2 Å². The number of unbranched alkanes of at least 4 members (excludes halogenated alkanes) is 2. The van der Waals surface area contributed by atoms with Crippen molar-refractivity contribution in [1.29, 1.82) is 0 Å². The molecule has 0 aromatic heterocycles. The molecule has 0 heterocycles. The van der Waals surface area contributed by atoms with Gasteiger partial charge in [0.15, 0.2) is 0 Å². The predicted octanol–water partition coefficient (Wildman–Crippen LogP) is 5.04. The van der Waals surface area contributed by atoms with Crippen LogP contribution in [0.1, 0.15) is 37.3 Å². The molecule has 0 bridgehead atoms. The zero-order valence-corrected chi connectivity index (χ0v) is 18.6. The Morgan fingerprint density at radius 1 is 1.04 bits per heavy atom. The summed E-state index contributed by atoms with van der Waals surface area (Å²) in [5, 5.41) is 2.56. The molecule has 0 radical (unpaired) electrons. The maximum absolute atomic E-state index is 12.8. The van der Waals surface area contributed by atoms with Crippen molar-refractivity contribution in [1.82, 2.24) is 10.0 Å². The molecule has 0 aliphatic carbocycles. The van der Waals surface area contributed by atoms with Crippen LogP contribution in [0.25, 0.3) is 0 Å². The topological polar surface area (TPSA) is 84.5 Å². The molecule has 2 rings (SSSR count). The molecule has 0 atom stereocenters. The van der Waals surface area contributed by atoms with Gasteiger partial charge in [-0.2, -0.15) is 0 Å². The number of carbonyl (C=O) groups excluding carboxylic acids is 1. The lowest BCUT2D eigenvalue weighted by molar-refractivity contribution is 0.245. The van der Waals surface area contributed by atoms with Crippen molar-refractivity contribution in [3.8, 4) is 11.5 Å². The molecule has 0 spiro atoms. The minimum absolute atomic E-state index is 0.0938. The monoisotopic (exact) mass is 468 g/mol. The third kappa shape index (κ3) is 6.24. The summed E-state index contributed by atoms with van der Waals surface area (Å²) in [6.07, 6.45) is 2.78. The highest BCUT2D eigenvalue weighted by atomic mass is 79.9. The minimum Gasteiger partial charge on any atom is -0.455 e. The van der Waals surface area contributed by atoms with E-state index in [-0.39, 0.29) is 10.6 Å². The van der Waals surface area contributed by atoms with Crippen molar-refractivity contribution in [2.75, 3.05) is 6.54 Å². The molecule has 0 aliphatic heterocycles. The van der Waals surface area contributed by atoms with E-state index in [4.69, 9.17) is 4.74 Å². The number of sulfonamides is 1. The highest BCUT2D eigenvalue weighted by Crippen LogP contribution is 2.34. The fourth-order valence-corrected chi connectivity index (χ4v) is 4.22. The van der Waals surface area contributed by atoms with Crippen LogP contribution in [0.3, 0.4) is 0 Å². The smallest absolute Gasteiger partial charge is 0.328 e. The van der Waals surface area contributed by atoms with Gasteiger partial charge in [0.2, 0.25) is 0 Å². The quantitative estimate of drug-likeness (QED) is 0.531. The van der Waals surface area contributed by atoms with Crippen LogP contribution >= 0.6 is 15.9 Å². The Morgan fingerprint density at radius 2 is 1.68 bits per heavy atom. The number of hydrogen-bond donors (Lipinski definition) is 2. The molecule has 0 unspecified atom stereocenters. The van der Waals surface area contributed by atoms with E-state index in [0.29, 0.717) is 16.8 Å². The summed E-state index contributed by atoms with van der Waals surface area (Å²) in [6.45, 7) is 6.19. The van der Waals surface area contributed by atoms with Crippen molar-refractivity contribution in [2.45, 2.75) is 44.9 Å². The number of carbonyl (C=O) groups is 1. The van der Waals surface area contributed by atoms with Gasteiger partial charge in [0.1, 0.15) is 16.4 Å². The molecule has 0 saturated heterocycles. The van der Waals surface area contributed by atoms with Gasteiger partial charge < -0.3 is 10.1 Å². The molecule has 152 valence electrons. The Hall–Kier alpha value is -2.06. The summed E-state index contributed by atoms with van der Waals surface area (Å²) in [7, 11) is -4.10. The van der Waals surface area contributed by atoms with Crippen LogP contribution < -0.4 is 14.8 Å². The first-order chi connectivity index (χ1) is 13.2. The number of hydrogen-bond acceptors (Lipinski definition) is 4. The van der Waals surface area contributed by atoms with Gasteiger partial charge in [0.05, 0.1) is 4.47 Å². The van der Waals surface area contributed by atoms with Gasteiger partial charge in [-0.25, -0.2) is 17.9 Å². The Bertz CT molecular complexity index is 945. The average Bonchev–Trinajstić information content (AvgIpc) is 2.62. The molecule has 2 aromatic rings. The number of aryl methyl sites for hydroxylation is 2. The van der Waals surface area contributed by atoms with Crippen molar-refractivity contribution < 1.29 is 17.9 Å². The van der Waals surface area contributed by atoms with Crippen molar-refractivity contribution >= 4 is 32.0 Å². The van der Waals surface area contributed by atoms with E-state index in [1.165, 1.54) is 6.07 Å². The van der Waals surface area contributed by atoms with Crippen molar-refractivity contribution in [3.63, 3.8) is 0 Å². The van der Waals surface area contributed by atoms with Gasteiger partial charge in [0.25, 0.3) is 10.0 Å². The second-order valence-corrected chi connectivity index (χ2v) is 9.06. The van der Waals surface area contributed by atoms with Crippen LogP contribution in [0.15, 0.2) is 45.8 Å². The first kappa shape index (κ1) is 22.2. The van der Waals surface area contributed by atoms with E-state index < -0.39 is 16.1 Å². The second kappa shape index (κ2) is 9.93. The molecule has 2 amide bonds. The van der Waals surface area contributed by atoms with Crippen LogP contribution in [0.4, 0.5) is 4.79 Å². The van der Waals surface area contributed by atoms with Crippen LogP contribution in [-0.2, 0) is 10.0 Å². The summed E-state index contributed by atoms with van der Waals surface area (Å²) < 4.78 is 34.1. The molecule has 0 saturated carbocycles. The fourth-order valence-electron chi connectivity index (χ4n) is 2.51. The van der Waals surface area contributed by atoms with Crippen molar-refractivity contribution in [3.05, 3.63) is 52.0 Å². The van der Waals surface area contributed by atoms with Gasteiger partial charge in [-0.15, -0.1) is 0 Å². The third-order valence-corrected chi connectivity index (χ3v) is 5.96. The normalized spacial score (nSPS) is 11.1. The lowest BCUT2D eigenvalue weighted by atomic mass is 10.2. The van der Waals surface area contributed by atoms with E-state index in [1.807, 2.05) is 19.1 Å². The Labute approximate surface area is 174 Å². The van der Waals surface area contributed by atoms with Crippen LogP contribution in [0.5, 0.6) is 11.5 Å². The Balaban J connectivity index is 2.23. The molecule has 2 aromatic carbocycles. The lowest BCUT2D eigenvalue weighted by Crippen LogP contribution is -2.39. The zero-order valence-electron chi connectivity index (χ0n) is 16.2. The summed E-state index contributed by atoms with van der Waals surface area (Å²) in [5.41, 5.74) is 1.77. The number of rotatable bonds is 8. The van der Waals surface area contributed by atoms with Crippen LogP contribution in [0, 0.1) is 13.8 Å². The predicted molar refractivity (Wildman–Crippen MR) is 113 cm³/mol. The van der Waals surface area contributed by atoms with Gasteiger partial charge >= 0.3 is 6.03 Å². The first-order valence-electron chi connectivity index (χ1n) is 9.08. The number of halogens is 1. The Morgan fingerprint density at radius 3 is 2.32 bits per heavy atom. The van der Waals surface area contributed by atoms with Gasteiger partial charge in [0, 0.05) is 6.54 Å². The standard InChI is InChI=1S/C20H25BrN2O4S/c1-4-5-6-11-22-20(24)23-28(25,26)19-13-15(3)8-10-18(19)27-17-9-7-14(2)12-16(17)21/h7-10,12-13H,4-6,11H2,1-3H3,(H2,22,23,24). The number of benzene rings is 2. The number of amides is 2. The fraction of sp³-hybridized carbons (Fsp3) is 0.350. The van der Waals surface area contributed by atoms with Gasteiger partial charge in [-0.1, -0.05) is 31.9 Å². The van der Waals surface area contributed by atoms with Gasteiger partial charge in [-0.3, -0.25) is 0 Å². The molecule has 0 fully saturated rings. The highest BCUT2D eigenvalue weighted by Gasteiger charge is 2.23. The molecular formula is C20H25BrN2O4S. The largest absolute Gasteiger partial charge is 0.455 e. The van der Waals surface area contributed by atoms with Gasteiger partial charge in [-0.05, 0) is 71.6 Å². The average molecular weight is 469 g/mol. The molecule has 28 heavy (non-hydrogen) atoms. The summed E-state index contributed by atoms with van der Waals surface area (Å²) in [6, 6.07) is 9.55. The van der Waals surface area contributed by atoms with E-state index in [2.05, 4.69) is 32.9 Å². The summed E-state index contributed by atoms with van der Waals surface area (Å²) in [5.74, 6) is 0.622. The number of ether oxygens (including phenoxy) is 1. The molecular weight excluding hydrogens is 444 g/mol. The lowest BCUT2D eigenvalue weighted by Gasteiger charge is -2.15.